The van der Waals surface area contributed by atoms with E-state index in [0.717, 1.165) is 0 Å². The molecule has 4 nitrogen and oxygen atoms in total. The second kappa shape index (κ2) is 6.98. The molecule has 0 aromatic heterocycles. The number of likely N-dealkylation sites (N-methyl/N-ethyl adjacent to an activating group) is 1. The Labute approximate surface area is 130 Å². The number of thioether (sulfide) groups is 1. The summed E-state index contributed by atoms with van der Waals surface area (Å²) in [6.07, 6.45) is 0.500. The highest BCUT2D eigenvalue weighted by Crippen LogP contribution is 2.39. The van der Waals surface area contributed by atoms with Crippen LogP contribution in [-0.4, -0.2) is 47.5 Å². The lowest BCUT2D eigenvalue weighted by atomic mass is 10.1. The Hall–Kier alpha value is -1.49. The molecule has 2 amide bonds. The van der Waals surface area contributed by atoms with E-state index in [1.807, 2.05) is 24.0 Å². The van der Waals surface area contributed by atoms with Crippen LogP contribution < -0.4 is 0 Å². The summed E-state index contributed by atoms with van der Waals surface area (Å²) in [5.41, 5.74) is 2.39. The van der Waals surface area contributed by atoms with Crippen molar-refractivity contribution in [3.63, 3.8) is 0 Å². The molecule has 0 saturated carbocycles. The second-order valence-corrected chi connectivity index (χ2v) is 6.34. The van der Waals surface area contributed by atoms with Crippen LogP contribution in [0.25, 0.3) is 0 Å². The fourth-order valence-corrected chi connectivity index (χ4v) is 3.78. The molecule has 0 bridgehead atoms. The van der Waals surface area contributed by atoms with Crippen molar-refractivity contribution >= 4 is 23.6 Å². The first-order valence-electron chi connectivity index (χ1n) is 7.25. The van der Waals surface area contributed by atoms with E-state index < -0.39 is 0 Å². The number of carbonyl (C=O) groups is 2. The largest absolute Gasteiger partial charge is 0.344 e. The predicted octanol–water partition coefficient (Wildman–Crippen LogP) is 2.44. The first-order valence-corrected chi connectivity index (χ1v) is 8.30. The number of hydrogen-bond donors (Lipinski definition) is 0. The molecule has 1 heterocycles. The minimum absolute atomic E-state index is 0.0730. The maximum atomic E-state index is 12.1. The van der Waals surface area contributed by atoms with Gasteiger partial charge < -0.3 is 9.80 Å². The van der Waals surface area contributed by atoms with E-state index >= 15 is 0 Å². The number of amides is 2. The Bertz CT molecular complexity index is 533. The molecule has 1 aliphatic rings. The number of carbonyl (C=O) groups excluding carboxylic acids is 2. The summed E-state index contributed by atoms with van der Waals surface area (Å²) in [6, 6.07) is 8.18. The molecule has 0 spiro atoms. The molecule has 2 rings (SSSR count). The highest BCUT2D eigenvalue weighted by atomic mass is 32.2. The zero-order chi connectivity index (χ0) is 15.4. The minimum Gasteiger partial charge on any atom is -0.344 e. The molecular weight excluding hydrogens is 284 g/mol. The highest BCUT2D eigenvalue weighted by molar-refractivity contribution is 8.00. The highest BCUT2D eigenvalue weighted by Gasteiger charge is 2.33. The summed E-state index contributed by atoms with van der Waals surface area (Å²) >= 11 is 1.66. The van der Waals surface area contributed by atoms with E-state index in [-0.39, 0.29) is 17.2 Å². The van der Waals surface area contributed by atoms with Crippen LogP contribution >= 0.6 is 11.8 Å². The molecule has 21 heavy (non-hydrogen) atoms. The topological polar surface area (TPSA) is 40.6 Å². The fourth-order valence-electron chi connectivity index (χ4n) is 2.47. The third-order valence-corrected chi connectivity index (χ3v) is 5.06. The number of rotatable bonds is 5. The molecule has 114 valence electrons. The van der Waals surface area contributed by atoms with Gasteiger partial charge in [-0.1, -0.05) is 31.2 Å². The normalized spacial score (nSPS) is 18.1. The van der Waals surface area contributed by atoms with Gasteiger partial charge in [-0.2, -0.15) is 0 Å². The Morgan fingerprint density at radius 1 is 1.43 bits per heavy atom. The molecule has 0 radical (unpaired) electrons. The first-order chi connectivity index (χ1) is 10.0. The number of aryl methyl sites for hydroxylation is 1. The molecular formula is C16H22N2O2S. The van der Waals surface area contributed by atoms with Crippen LogP contribution in [0.15, 0.2) is 24.3 Å². The Morgan fingerprint density at radius 3 is 2.81 bits per heavy atom. The quantitative estimate of drug-likeness (QED) is 0.839. The lowest BCUT2D eigenvalue weighted by Gasteiger charge is -2.27. The van der Waals surface area contributed by atoms with E-state index in [9.17, 15) is 9.59 Å². The van der Waals surface area contributed by atoms with Crippen molar-refractivity contribution in [3.05, 3.63) is 35.4 Å². The third-order valence-electron chi connectivity index (χ3n) is 3.83. The summed E-state index contributed by atoms with van der Waals surface area (Å²) in [4.78, 5) is 27.3. The third kappa shape index (κ3) is 3.59. The van der Waals surface area contributed by atoms with E-state index in [4.69, 9.17) is 0 Å². The van der Waals surface area contributed by atoms with Crippen LogP contribution in [0, 0.1) is 6.92 Å². The average molecular weight is 306 g/mol. The summed E-state index contributed by atoms with van der Waals surface area (Å²) in [7, 11) is 1.79. The van der Waals surface area contributed by atoms with E-state index in [1.54, 1.807) is 23.7 Å². The van der Waals surface area contributed by atoms with Crippen LogP contribution in [0.2, 0.25) is 0 Å². The van der Waals surface area contributed by atoms with Crippen molar-refractivity contribution in [3.8, 4) is 0 Å². The van der Waals surface area contributed by atoms with Crippen molar-refractivity contribution < 1.29 is 9.59 Å². The molecule has 0 aliphatic carbocycles. The van der Waals surface area contributed by atoms with Crippen molar-refractivity contribution in [2.45, 2.75) is 25.6 Å². The van der Waals surface area contributed by atoms with Crippen molar-refractivity contribution in [2.75, 3.05) is 25.9 Å². The number of nitrogens with zero attached hydrogens (tertiary/aromatic N) is 2. The summed E-state index contributed by atoms with van der Waals surface area (Å²) in [5.74, 6) is 0.789. The van der Waals surface area contributed by atoms with Crippen LogP contribution in [0.5, 0.6) is 0 Å². The van der Waals surface area contributed by atoms with E-state index in [0.29, 0.717) is 25.3 Å². The Morgan fingerprint density at radius 2 is 2.14 bits per heavy atom. The van der Waals surface area contributed by atoms with Gasteiger partial charge in [-0.3, -0.25) is 9.59 Å². The summed E-state index contributed by atoms with van der Waals surface area (Å²) < 4.78 is 0. The van der Waals surface area contributed by atoms with Gasteiger partial charge in [0.25, 0.3) is 0 Å². The minimum atomic E-state index is 0.0730. The maximum absolute atomic E-state index is 12.1. The molecule has 1 atom stereocenters. The number of benzene rings is 1. The summed E-state index contributed by atoms with van der Waals surface area (Å²) in [5, 5.41) is 0.0730. The van der Waals surface area contributed by atoms with Crippen molar-refractivity contribution in [1.29, 1.82) is 0 Å². The van der Waals surface area contributed by atoms with Gasteiger partial charge in [-0.25, -0.2) is 0 Å². The molecule has 1 saturated heterocycles. The Kier molecular flexibility index (Phi) is 5.28. The lowest BCUT2D eigenvalue weighted by molar-refractivity contribution is -0.132. The van der Waals surface area contributed by atoms with Gasteiger partial charge in [0.1, 0.15) is 5.37 Å². The SMILES string of the molecule is CCC(=O)N(C)CCN1C(=O)CSC1c1ccccc1C. The number of hydrogen-bond acceptors (Lipinski definition) is 3. The molecule has 1 aromatic carbocycles. The molecule has 1 aliphatic heterocycles. The van der Waals surface area contributed by atoms with Crippen LogP contribution in [0.1, 0.15) is 29.8 Å². The smallest absolute Gasteiger partial charge is 0.233 e. The maximum Gasteiger partial charge on any atom is 0.233 e. The lowest BCUT2D eigenvalue weighted by Crippen LogP contribution is -2.38. The van der Waals surface area contributed by atoms with Gasteiger partial charge in [-0.15, -0.1) is 11.8 Å². The zero-order valence-electron chi connectivity index (χ0n) is 12.8. The molecule has 1 aromatic rings. The predicted molar refractivity (Wildman–Crippen MR) is 86.0 cm³/mol. The van der Waals surface area contributed by atoms with Gasteiger partial charge in [0.05, 0.1) is 5.75 Å². The molecule has 1 unspecified atom stereocenters. The molecule has 1 fully saturated rings. The van der Waals surface area contributed by atoms with Crippen LogP contribution in [-0.2, 0) is 9.59 Å². The fraction of sp³-hybridized carbons (Fsp3) is 0.500. The molecule has 5 heteroatoms. The van der Waals surface area contributed by atoms with Crippen molar-refractivity contribution in [1.82, 2.24) is 9.80 Å². The van der Waals surface area contributed by atoms with Gasteiger partial charge in [0.2, 0.25) is 11.8 Å². The van der Waals surface area contributed by atoms with E-state index in [2.05, 4.69) is 19.1 Å². The van der Waals surface area contributed by atoms with Gasteiger partial charge >= 0.3 is 0 Å². The average Bonchev–Trinajstić information content (AvgIpc) is 2.85. The molecule has 0 N–H and O–H groups in total. The monoisotopic (exact) mass is 306 g/mol. The summed E-state index contributed by atoms with van der Waals surface area (Å²) in [6.45, 7) is 5.10. The first kappa shape index (κ1) is 15.9. The van der Waals surface area contributed by atoms with Gasteiger partial charge in [0.15, 0.2) is 0 Å². The zero-order valence-corrected chi connectivity index (χ0v) is 13.7. The van der Waals surface area contributed by atoms with Gasteiger partial charge in [0, 0.05) is 26.6 Å². The van der Waals surface area contributed by atoms with E-state index in [1.165, 1.54) is 11.1 Å². The standard InChI is InChI=1S/C16H22N2O2S/c1-4-14(19)17(3)9-10-18-15(20)11-21-16(18)13-8-6-5-7-12(13)2/h5-8,16H,4,9-11H2,1-3H3. The Balaban J connectivity index is 2.07. The van der Waals surface area contributed by atoms with Gasteiger partial charge in [-0.05, 0) is 18.1 Å². The van der Waals surface area contributed by atoms with Crippen molar-refractivity contribution in [2.24, 2.45) is 0 Å². The van der Waals surface area contributed by atoms with Crippen LogP contribution in [0.4, 0.5) is 0 Å². The van der Waals surface area contributed by atoms with Crippen LogP contribution in [0.3, 0.4) is 0 Å². The second-order valence-electron chi connectivity index (χ2n) is 5.28.